The van der Waals surface area contributed by atoms with E-state index in [0.29, 0.717) is 31.9 Å². The molecule has 2 heterocycles. The van der Waals surface area contributed by atoms with E-state index in [-0.39, 0.29) is 31.1 Å². The van der Waals surface area contributed by atoms with Gasteiger partial charge in [0.05, 0.1) is 18.1 Å². The van der Waals surface area contributed by atoms with Crippen molar-refractivity contribution in [3.8, 4) is 0 Å². The molecule has 8 nitrogen and oxygen atoms in total. The van der Waals surface area contributed by atoms with Crippen LogP contribution in [0.15, 0.2) is 23.1 Å². The van der Waals surface area contributed by atoms with Gasteiger partial charge in [0, 0.05) is 39.3 Å². The summed E-state index contributed by atoms with van der Waals surface area (Å²) in [6.07, 6.45) is 0. The average molecular weight is 399 g/mol. The van der Waals surface area contributed by atoms with Gasteiger partial charge in [-0.25, -0.2) is 12.8 Å². The fraction of sp³-hybridized carbons (Fsp3) is 0.529. The predicted octanol–water partition coefficient (Wildman–Crippen LogP) is -0.174. The Balaban J connectivity index is 1.65. The van der Waals surface area contributed by atoms with E-state index in [9.17, 15) is 22.4 Å². The molecule has 1 aromatic carbocycles. The van der Waals surface area contributed by atoms with Crippen LogP contribution < -0.4 is 0 Å². The van der Waals surface area contributed by atoms with Crippen LogP contribution in [0.25, 0.3) is 0 Å². The van der Waals surface area contributed by atoms with Gasteiger partial charge in [0.25, 0.3) is 0 Å². The van der Waals surface area contributed by atoms with Gasteiger partial charge in [0.15, 0.2) is 0 Å². The molecule has 10 heteroatoms. The number of carbonyl (C=O) groups excluding carboxylic acids is 2. The average Bonchev–Trinajstić information content (AvgIpc) is 2.69. The Hall–Kier alpha value is -2.04. The molecule has 0 spiro atoms. The van der Waals surface area contributed by atoms with E-state index in [1.807, 2.05) is 0 Å². The molecule has 2 amide bonds. The Labute approximate surface area is 157 Å². The Morgan fingerprint density at radius 1 is 0.963 bits per heavy atom. The highest BCUT2D eigenvalue weighted by molar-refractivity contribution is 7.89. The predicted molar refractivity (Wildman–Crippen MR) is 93.9 cm³/mol. The van der Waals surface area contributed by atoms with E-state index >= 15 is 0 Å². The van der Waals surface area contributed by atoms with E-state index in [4.69, 9.17) is 4.74 Å². The van der Waals surface area contributed by atoms with Crippen LogP contribution >= 0.6 is 0 Å². The summed E-state index contributed by atoms with van der Waals surface area (Å²) in [5.74, 6) is -1.84. The zero-order chi connectivity index (χ0) is 19.6. The number of morpholine rings is 1. The minimum Gasteiger partial charge on any atom is -0.378 e. The van der Waals surface area contributed by atoms with Gasteiger partial charge in [-0.2, -0.15) is 4.31 Å². The monoisotopic (exact) mass is 399 g/mol. The first kappa shape index (κ1) is 19.7. The lowest BCUT2D eigenvalue weighted by Gasteiger charge is -2.35. The van der Waals surface area contributed by atoms with Crippen molar-refractivity contribution >= 4 is 21.8 Å². The van der Waals surface area contributed by atoms with Crippen molar-refractivity contribution < 1.29 is 27.1 Å². The molecule has 0 aromatic heterocycles. The lowest BCUT2D eigenvalue weighted by molar-refractivity contribution is -0.154. The van der Waals surface area contributed by atoms with E-state index in [2.05, 4.69) is 0 Å². The SMILES string of the molecule is Cc1ccc(F)cc1S(=O)(=O)N1CCN(C(=O)C(=O)N2CCOCC2)CC1. The molecule has 0 aliphatic carbocycles. The zero-order valence-electron chi connectivity index (χ0n) is 15.1. The van der Waals surface area contributed by atoms with Crippen LogP contribution in [0.1, 0.15) is 5.56 Å². The van der Waals surface area contributed by atoms with Crippen LogP contribution in [0.2, 0.25) is 0 Å². The van der Waals surface area contributed by atoms with Crippen molar-refractivity contribution in [3.05, 3.63) is 29.6 Å². The zero-order valence-corrected chi connectivity index (χ0v) is 15.9. The smallest absolute Gasteiger partial charge is 0.312 e. The summed E-state index contributed by atoms with van der Waals surface area (Å²) in [4.78, 5) is 27.4. The summed E-state index contributed by atoms with van der Waals surface area (Å²) < 4.78 is 45.4. The van der Waals surface area contributed by atoms with Gasteiger partial charge in [0.2, 0.25) is 10.0 Å². The fourth-order valence-electron chi connectivity index (χ4n) is 3.16. The van der Waals surface area contributed by atoms with Crippen LogP contribution in [0, 0.1) is 12.7 Å². The molecule has 0 saturated carbocycles. The highest BCUT2D eigenvalue weighted by atomic mass is 32.2. The topological polar surface area (TPSA) is 87.2 Å². The van der Waals surface area contributed by atoms with Gasteiger partial charge >= 0.3 is 11.8 Å². The van der Waals surface area contributed by atoms with Gasteiger partial charge in [-0.15, -0.1) is 0 Å². The van der Waals surface area contributed by atoms with Crippen molar-refractivity contribution in [2.24, 2.45) is 0 Å². The van der Waals surface area contributed by atoms with Crippen LogP contribution in [-0.4, -0.2) is 86.8 Å². The van der Waals surface area contributed by atoms with Gasteiger partial charge < -0.3 is 14.5 Å². The summed E-state index contributed by atoms with van der Waals surface area (Å²) in [5, 5.41) is 0. The van der Waals surface area contributed by atoms with Gasteiger partial charge in [-0.1, -0.05) is 6.07 Å². The third kappa shape index (κ3) is 4.12. The van der Waals surface area contributed by atoms with Crippen molar-refractivity contribution in [1.82, 2.24) is 14.1 Å². The number of rotatable bonds is 2. The maximum atomic E-state index is 13.5. The summed E-state index contributed by atoms with van der Waals surface area (Å²) in [6.45, 7) is 3.49. The number of ether oxygens (including phenoxy) is 1. The van der Waals surface area contributed by atoms with Crippen molar-refractivity contribution in [2.45, 2.75) is 11.8 Å². The second-order valence-corrected chi connectivity index (χ2v) is 8.42. The Kier molecular flexibility index (Phi) is 5.78. The maximum absolute atomic E-state index is 13.5. The Bertz CT molecular complexity index is 831. The lowest BCUT2D eigenvalue weighted by atomic mass is 10.2. The highest BCUT2D eigenvalue weighted by Crippen LogP contribution is 2.22. The summed E-state index contributed by atoms with van der Waals surface area (Å²) in [6, 6.07) is 3.63. The van der Waals surface area contributed by atoms with Gasteiger partial charge in [0.1, 0.15) is 5.82 Å². The number of hydrogen-bond donors (Lipinski definition) is 0. The lowest BCUT2D eigenvalue weighted by Crippen LogP contribution is -2.55. The molecule has 2 aliphatic heterocycles. The molecule has 0 bridgehead atoms. The van der Waals surface area contributed by atoms with Crippen LogP contribution in [0.5, 0.6) is 0 Å². The van der Waals surface area contributed by atoms with Gasteiger partial charge in [-0.3, -0.25) is 9.59 Å². The standard InChI is InChI=1S/C17H22FN3O5S/c1-13-2-3-14(18)12-15(13)27(24,25)21-6-4-19(5-7-21)16(22)17(23)20-8-10-26-11-9-20/h2-3,12H,4-11H2,1H3. The minimum absolute atomic E-state index is 0.0560. The van der Waals surface area contributed by atoms with E-state index < -0.39 is 27.7 Å². The number of halogens is 1. The first-order chi connectivity index (χ1) is 12.8. The molecule has 3 rings (SSSR count). The van der Waals surface area contributed by atoms with Crippen LogP contribution in [0.3, 0.4) is 0 Å². The molecule has 2 fully saturated rings. The molecule has 2 aliphatic rings. The normalized spacial score (nSPS) is 19.2. The number of nitrogens with zero attached hydrogens (tertiary/aromatic N) is 3. The van der Waals surface area contributed by atoms with Crippen molar-refractivity contribution in [3.63, 3.8) is 0 Å². The third-order valence-electron chi connectivity index (χ3n) is 4.78. The maximum Gasteiger partial charge on any atom is 0.312 e. The number of piperazine rings is 1. The second kappa shape index (κ2) is 7.91. The molecule has 1 aromatic rings. The molecule has 27 heavy (non-hydrogen) atoms. The number of benzene rings is 1. The van der Waals surface area contributed by atoms with Crippen molar-refractivity contribution in [2.75, 3.05) is 52.5 Å². The molecule has 0 radical (unpaired) electrons. The highest BCUT2D eigenvalue weighted by Gasteiger charge is 2.34. The minimum atomic E-state index is -3.86. The van der Waals surface area contributed by atoms with E-state index in [1.54, 1.807) is 6.92 Å². The molecule has 0 unspecified atom stereocenters. The molecule has 2 saturated heterocycles. The van der Waals surface area contributed by atoms with Gasteiger partial charge in [-0.05, 0) is 24.6 Å². The second-order valence-electron chi connectivity index (χ2n) is 6.51. The summed E-state index contributed by atoms with van der Waals surface area (Å²) in [7, 11) is -3.86. The number of amides is 2. The quantitative estimate of drug-likeness (QED) is 0.645. The first-order valence-electron chi connectivity index (χ1n) is 8.73. The Morgan fingerprint density at radius 2 is 1.52 bits per heavy atom. The number of aryl methyl sites for hydroxylation is 1. The largest absolute Gasteiger partial charge is 0.378 e. The molecule has 0 atom stereocenters. The van der Waals surface area contributed by atoms with Crippen molar-refractivity contribution in [1.29, 1.82) is 0 Å². The van der Waals surface area contributed by atoms with Crippen LogP contribution in [-0.2, 0) is 24.3 Å². The van der Waals surface area contributed by atoms with E-state index in [0.717, 1.165) is 6.07 Å². The first-order valence-corrected chi connectivity index (χ1v) is 10.2. The number of carbonyl (C=O) groups is 2. The number of hydrogen-bond acceptors (Lipinski definition) is 5. The fourth-order valence-corrected chi connectivity index (χ4v) is 4.82. The van der Waals surface area contributed by atoms with Crippen LogP contribution in [0.4, 0.5) is 4.39 Å². The molecule has 0 N–H and O–H groups in total. The number of sulfonamides is 1. The summed E-state index contributed by atoms with van der Waals surface area (Å²) in [5.41, 5.74) is 0.456. The Morgan fingerprint density at radius 3 is 2.11 bits per heavy atom. The molecular weight excluding hydrogens is 377 g/mol. The molecule has 148 valence electrons. The third-order valence-corrected chi connectivity index (χ3v) is 6.82. The molecular formula is C17H22FN3O5S. The summed E-state index contributed by atoms with van der Waals surface area (Å²) >= 11 is 0. The van der Waals surface area contributed by atoms with E-state index in [1.165, 1.54) is 26.2 Å².